The number of nitrogens with zero attached hydrogens (tertiary/aromatic N) is 1. The van der Waals surface area contributed by atoms with Gasteiger partial charge in [-0.05, 0) is 27.7 Å². The van der Waals surface area contributed by atoms with Crippen molar-refractivity contribution in [1.82, 2.24) is 10.4 Å². The van der Waals surface area contributed by atoms with Gasteiger partial charge in [0.15, 0.2) is 5.78 Å². The number of hydrogen-bond acceptors (Lipinski definition) is 3. The van der Waals surface area contributed by atoms with Crippen LogP contribution in [0.25, 0.3) is 0 Å². The lowest BCUT2D eigenvalue weighted by Crippen LogP contribution is -2.64. The van der Waals surface area contributed by atoms with Gasteiger partial charge < -0.3 is 5.32 Å². The smallest absolute Gasteiger partial charge is 0.367 e. The zero-order valence-corrected chi connectivity index (χ0v) is 13.7. The van der Waals surface area contributed by atoms with E-state index in [-0.39, 0.29) is 5.06 Å². The summed E-state index contributed by atoms with van der Waals surface area (Å²) in [5, 5.41) is 14.4. The van der Waals surface area contributed by atoms with Crippen LogP contribution < -0.4 is 5.32 Å². The van der Waals surface area contributed by atoms with Gasteiger partial charge in [-0.15, -0.1) is 10.3 Å². The molecule has 0 aromatic carbocycles. The molecule has 0 unspecified atom stereocenters. The van der Waals surface area contributed by atoms with Crippen LogP contribution in [0.4, 0.5) is 39.5 Å². The molecule has 1 aliphatic rings. The van der Waals surface area contributed by atoms with Gasteiger partial charge in [0.05, 0.1) is 5.54 Å². The molecule has 26 heavy (non-hydrogen) atoms. The summed E-state index contributed by atoms with van der Waals surface area (Å²) in [6.07, 6.45) is -21.5. The van der Waals surface area contributed by atoms with Gasteiger partial charge >= 0.3 is 23.9 Å². The molecule has 1 aliphatic heterocycles. The van der Waals surface area contributed by atoms with E-state index in [0.717, 1.165) is 13.8 Å². The molecule has 0 aromatic heterocycles. The van der Waals surface area contributed by atoms with Gasteiger partial charge in [-0.1, -0.05) is 0 Å². The molecule has 151 valence electrons. The van der Waals surface area contributed by atoms with Crippen LogP contribution in [-0.4, -0.2) is 40.6 Å². The van der Waals surface area contributed by atoms with E-state index in [1.165, 1.54) is 13.8 Å². The highest BCUT2D eigenvalue weighted by atomic mass is 19.4. The predicted molar refractivity (Wildman–Crippen MR) is 67.5 cm³/mol. The Morgan fingerprint density at radius 3 is 1.46 bits per heavy atom. The van der Waals surface area contributed by atoms with Crippen LogP contribution in [0.15, 0.2) is 11.8 Å². The molecule has 0 spiro atoms. The van der Waals surface area contributed by atoms with Crippen molar-refractivity contribution >= 4 is 5.78 Å². The summed E-state index contributed by atoms with van der Waals surface area (Å²) < 4.78 is 116. The fourth-order valence-corrected chi connectivity index (χ4v) is 2.69. The maximum atomic E-state index is 12.9. The highest BCUT2D eigenvalue weighted by Crippen LogP contribution is 2.60. The standard InChI is InChI=1S/C13H14F9N2O2/c1-8(2)6(23-9(3,4)24(8)26)5-7(25)10(11(14,15)16,12(17,18)19)13(20,21)22/h5,23H,1-4H3/b6-5-. The largest absolute Gasteiger partial charge is 0.419 e. The molecule has 0 atom stereocenters. The first kappa shape index (κ1) is 22.5. The zero-order valence-electron chi connectivity index (χ0n) is 13.7. The van der Waals surface area contributed by atoms with Crippen molar-refractivity contribution in [2.75, 3.05) is 0 Å². The van der Waals surface area contributed by atoms with E-state index in [0.29, 0.717) is 0 Å². The van der Waals surface area contributed by atoms with E-state index >= 15 is 0 Å². The summed E-state index contributed by atoms with van der Waals surface area (Å²) in [5.74, 6) is -3.29. The average molecular weight is 401 g/mol. The second kappa shape index (κ2) is 5.75. The third-order valence-corrected chi connectivity index (χ3v) is 4.04. The third-order valence-electron chi connectivity index (χ3n) is 4.04. The normalized spacial score (nSPS) is 23.2. The monoisotopic (exact) mass is 401 g/mol. The van der Waals surface area contributed by atoms with Crippen molar-refractivity contribution in [3.8, 4) is 0 Å². The number of carbonyl (C=O) groups is 1. The van der Waals surface area contributed by atoms with E-state index in [1.807, 2.05) is 0 Å². The lowest BCUT2D eigenvalue weighted by atomic mass is 9.79. The maximum absolute atomic E-state index is 12.9. The van der Waals surface area contributed by atoms with Crippen molar-refractivity contribution in [3.05, 3.63) is 11.8 Å². The summed E-state index contributed by atoms with van der Waals surface area (Å²) in [4.78, 5) is 11.8. The second-order valence-corrected chi connectivity index (χ2v) is 6.70. The van der Waals surface area contributed by atoms with E-state index in [4.69, 9.17) is 0 Å². The Morgan fingerprint density at radius 2 is 1.23 bits per heavy atom. The minimum Gasteiger partial charge on any atom is -0.367 e. The maximum Gasteiger partial charge on any atom is 0.419 e. The number of allylic oxidation sites excluding steroid dienone is 1. The Balaban J connectivity index is 3.69. The Labute approximate surface area is 141 Å². The lowest BCUT2D eigenvalue weighted by molar-refractivity contribution is -0.404. The summed E-state index contributed by atoms with van der Waals surface area (Å²) in [7, 11) is 0. The molecule has 0 bridgehead atoms. The number of rotatable bonds is 2. The molecule has 1 rings (SSSR count). The predicted octanol–water partition coefficient (Wildman–Crippen LogP) is 3.88. The first-order valence-corrected chi connectivity index (χ1v) is 6.86. The Morgan fingerprint density at radius 1 is 0.885 bits per heavy atom. The van der Waals surface area contributed by atoms with Crippen LogP contribution in [-0.2, 0) is 10.0 Å². The molecule has 4 nitrogen and oxygen atoms in total. The first-order chi connectivity index (χ1) is 11.1. The Bertz CT molecular complexity index is 579. The molecule has 13 heteroatoms. The number of alkyl halides is 9. The fourth-order valence-electron chi connectivity index (χ4n) is 2.69. The Kier molecular flexibility index (Phi) is 4.98. The highest BCUT2D eigenvalue weighted by molar-refractivity contribution is 5.97. The fraction of sp³-hybridized carbons (Fsp3) is 0.769. The molecule has 1 fully saturated rings. The van der Waals surface area contributed by atoms with Gasteiger partial charge in [0.25, 0.3) is 0 Å². The van der Waals surface area contributed by atoms with Crippen LogP contribution >= 0.6 is 0 Å². The van der Waals surface area contributed by atoms with Gasteiger partial charge in [0.1, 0.15) is 5.66 Å². The number of carbonyl (C=O) groups excluding carboxylic acids is 1. The summed E-state index contributed by atoms with van der Waals surface area (Å²) in [6.45, 7) is 4.41. The molecule has 0 amide bonds. The van der Waals surface area contributed by atoms with E-state index in [9.17, 15) is 49.5 Å². The molecule has 1 radical (unpaired) electrons. The van der Waals surface area contributed by atoms with Crippen molar-refractivity contribution < 1.29 is 49.5 Å². The molecule has 0 aliphatic carbocycles. The second-order valence-electron chi connectivity index (χ2n) is 6.70. The van der Waals surface area contributed by atoms with Crippen LogP contribution in [0.1, 0.15) is 27.7 Å². The highest BCUT2D eigenvalue weighted by Gasteiger charge is 2.87. The van der Waals surface area contributed by atoms with Crippen molar-refractivity contribution in [1.29, 1.82) is 0 Å². The number of ketones is 1. The number of halogens is 9. The first-order valence-electron chi connectivity index (χ1n) is 6.86. The molecule has 1 N–H and O–H groups in total. The molecule has 0 aromatic rings. The van der Waals surface area contributed by atoms with Gasteiger partial charge in [-0.25, -0.2) is 0 Å². The quantitative estimate of drug-likeness (QED) is 0.565. The number of nitrogens with one attached hydrogen (secondary N) is 1. The lowest BCUT2D eigenvalue weighted by Gasteiger charge is -2.36. The summed E-state index contributed by atoms with van der Waals surface area (Å²) in [6, 6.07) is 0. The minimum atomic E-state index is -7.01. The summed E-state index contributed by atoms with van der Waals surface area (Å²) >= 11 is 0. The van der Waals surface area contributed by atoms with Crippen LogP contribution in [0.5, 0.6) is 0 Å². The van der Waals surface area contributed by atoms with Crippen molar-refractivity contribution in [2.24, 2.45) is 5.41 Å². The topological polar surface area (TPSA) is 52.2 Å². The Hall–Kier alpha value is -1.50. The average Bonchev–Trinajstić information content (AvgIpc) is 2.44. The van der Waals surface area contributed by atoms with Gasteiger partial charge in [0, 0.05) is 11.8 Å². The van der Waals surface area contributed by atoms with Crippen LogP contribution in [0, 0.1) is 5.41 Å². The van der Waals surface area contributed by atoms with Crippen molar-refractivity contribution in [2.45, 2.75) is 57.4 Å². The molecule has 1 heterocycles. The zero-order chi connectivity index (χ0) is 21.1. The number of hydrogen-bond donors (Lipinski definition) is 1. The van der Waals surface area contributed by atoms with Gasteiger partial charge in [-0.3, -0.25) is 4.79 Å². The molecule has 1 saturated heterocycles. The van der Waals surface area contributed by atoms with E-state index < -0.39 is 52.7 Å². The molecular weight excluding hydrogens is 387 g/mol. The van der Waals surface area contributed by atoms with Gasteiger partial charge in [-0.2, -0.15) is 39.5 Å². The van der Waals surface area contributed by atoms with Gasteiger partial charge in [0.2, 0.25) is 0 Å². The van der Waals surface area contributed by atoms with E-state index in [2.05, 4.69) is 5.32 Å². The summed E-state index contributed by atoms with van der Waals surface area (Å²) in [5.41, 5.74) is -10.9. The third kappa shape index (κ3) is 3.04. The van der Waals surface area contributed by atoms with Crippen molar-refractivity contribution in [3.63, 3.8) is 0 Å². The van der Waals surface area contributed by atoms with Crippen LogP contribution in [0.3, 0.4) is 0 Å². The van der Waals surface area contributed by atoms with E-state index in [1.54, 1.807) is 0 Å². The molecule has 0 saturated carbocycles. The minimum absolute atomic E-state index is 0.204. The SMILES string of the molecule is CC1(C)N/C(=C\C(=O)C(C(F)(F)F)(C(F)(F)F)C(F)(F)F)C(C)(C)N1[O]. The molecular formula is C13H14F9N2O2. The number of hydroxylamine groups is 2. The van der Waals surface area contributed by atoms with Crippen LogP contribution in [0.2, 0.25) is 0 Å².